The molecule has 6 nitrogen and oxygen atoms in total. The predicted octanol–water partition coefficient (Wildman–Crippen LogP) is 2.97. The van der Waals surface area contributed by atoms with Gasteiger partial charge in [0, 0.05) is 22.7 Å². The van der Waals surface area contributed by atoms with Crippen LogP contribution in [0.2, 0.25) is 0 Å². The van der Waals surface area contributed by atoms with Crippen molar-refractivity contribution in [3.8, 4) is 5.75 Å². The van der Waals surface area contributed by atoms with Gasteiger partial charge in [0.25, 0.3) is 0 Å². The minimum absolute atomic E-state index is 0.128. The zero-order valence-corrected chi connectivity index (χ0v) is 12.6. The summed E-state index contributed by atoms with van der Waals surface area (Å²) in [4.78, 5) is 10.7. The molecule has 0 spiro atoms. The van der Waals surface area contributed by atoms with Crippen molar-refractivity contribution < 1.29 is 19.5 Å². The molecule has 1 aliphatic heterocycles. The summed E-state index contributed by atoms with van der Waals surface area (Å²) in [6.45, 7) is 2.65. The van der Waals surface area contributed by atoms with Crippen molar-refractivity contribution in [3.05, 3.63) is 32.3 Å². The van der Waals surface area contributed by atoms with Gasteiger partial charge < -0.3 is 14.6 Å². The van der Waals surface area contributed by atoms with Crippen molar-refractivity contribution in [2.24, 2.45) is 0 Å². The van der Waals surface area contributed by atoms with E-state index in [2.05, 4.69) is 15.9 Å². The van der Waals surface area contributed by atoms with E-state index < -0.39 is 11.0 Å². The molecule has 0 saturated carbocycles. The predicted molar refractivity (Wildman–Crippen MR) is 75.9 cm³/mol. The van der Waals surface area contributed by atoms with Gasteiger partial charge in [-0.15, -0.1) is 0 Å². The highest BCUT2D eigenvalue weighted by Crippen LogP contribution is 2.39. The topological polar surface area (TPSA) is 81.8 Å². The largest absolute Gasteiger partial charge is 0.481 e. The molecule has 1 heterocycles. The number of hydrogen-bond donors (Lipinski definition) is 1. The van der Waals surface area contributed by atoms with E-state index in [4.69, 9.17) is 9.47 Å². The van der Waals surface area contributed by atoms with E-state index in [-0.39, 0.29) is 17.5 Å². The number of rotatable bonds is 4. The molecule has 0 amide bonds. The molecule has 1 fully saturated rings. The minimum atomic E-state index is -0.856. The lowest BCUT2D eigenvalue weighted by molar-refractivity contribution is -0.386. The molecule has 0 aromatic heterocycles. The fourth-order valence-electron chi connectivity index (χ4n) is 2.14. The zero-order chi connectivity index (χ0) is 14.7. The molecule has 0 radical (unpaired) electrons. The van der Waals surface area contributed by atoms with Crippen LogP contribution in [0, 0.1) is 10.1 Å². The quantitative estimate of drug-likeness (QED) is 0.670. The van der Waals surface area contributed by atoms with E-state index in [0.717, 1.165) is 12.8 Å². The fraction of sp³-hybridized carbons (Fsp3) is 0.538. The smallest absolute Gasteiger partial charge is 0.312 e. The van der Waals surface area contributed by atoms with Crippen LogP contribution in [0.25, 0.3) is 0 Å². The third-order valence-electron chi connectivity index (χ3n) is 3.11. The van der Waals surface area contributed by atoms with Crippen molar-refractivity contribution in [1.29, 1.82) is 0 Å². The summed E-state index contributed by atoms with van der Waals surface area (Å²) in [7, 11) is 0. The van der Waals surface area contributed by atoms with Crippen LogP contribution in [0.4, 0.5) is 5.69 Å². The summed E-state index contributed by atoms with van der Waals surface area (Å²) in [6, 6.07) is 3.02. The summed E-state index contributed by atoms with van der Waals surface area (Å²) in [6.07, 6.45) is 0.567. The molecule has 7 heteroatoms. The molecule has 0 bridgehead atoms. The van der Waals surface area contributed by atoms with Gasteiger partial charge in [-0.2, -0.15) is 0 Å². The van der Waals surface area contributed by atoms with Gasteiger partial charge in [0.15, 0.2) is 0 Å². The molecular formula is C13H16BrNO5. The van der Waals surface area contributed by atoms with Gasteiger partial charge in [-0.05, 0) is 25.8 Å². The first-order valence-corrected chi connectivity index (χ1v) is 7.18. The summed E-state index contributed by atoms with van der Waals surface area (Å²) in [5.41, 5.74) is 0.248. The number of aliphatic hydroxyl groups is 1. The molecule has 2 atom stereocenters. The van der Waals surface area contributed by atoms with Crippen molar-refractivity contribution in [1.82, 2.24) is 0 Å². The van der Waals surface area contributed by atoms with Crippen LogP contribution in [0.3, 0.4) is 0 Å². The van der Waals surface area contributed by atoms with Gasteiger partial charge in [0.2, 0.25) is 5.75 Å². The molecule has 110 valence electrons. The molecule has 1 N–H and O–H groups in total. The zero-order valence-electron chi connectivity index (χ0n) is 11.0. The first-order chi connectivity index (χ1) is 9.49. The lowest BCUT2D eigenvalue weighted by atomic mass is 10.1. The number of benzene rings is 1. The van der Waals surface area contributed by atoms with E-state index in [0.29, 0.717) is 23.2 Å². The number of ether oxygens (including phenoxy) is 2. The first-order valence-electron chi connectivity index (χ1n) is 6.39. The molecule has 1 aromatic carbocycles. The summed E-state index contributed by atoms with van der Waals surface area (Å²) >= 11 is 3.21. The monoisotopic (exact) mass is 345 g/mol. The maximum absolute atomic E-state index is 11.2. The highest BCUT2D eigenvalue weighted by atomic mass is 79.9. The summed E-state index contributed by atoms with van der Waals surface area (Å²) < 4.78 is 11.6. The highest BCUT2D eigenvalue weighted by Gasteiger charge is 2.26. The van der Waals surface area contributed by atoms with Crippen molar-refractivity contribution in [2.45, 2.75) is 32.0 Å². The Kier molecular flexibility index (Phi) is 4.95. The highest BCUT2D eigenvalue weighted by molar-refractivity contribution is 9.10. The fourth-order valence-corrected chi connectivity index (χ4v) is 2.61. The van der Waals surface area contributed by atoms with Crippen LogP contribution in [0.5, 0.6) is 5.75 Å². The van der Waals surface area contributed by atoms with Crippen molar-refractivity contribution >= 4 is 21.6 Å². The second-order valence-electron chi connectivity index (χ2n) is 4.73. The second-order valence-corrected chi connectivity index (χ2v) is 5.65. The molecule has 20 heavy (non-hydrogen) atoms. The molecular weight excluding hydrogens is 330 g/mol. The third-order valence-corrected chi connectivity index (χ3v) is 3.57. The Morgan fingerprint density at radius 3 is 2.90 bits per heavy atom. The van der Waals surface area contributed by atoms with E-state index in [1.807, 2.05) is 0 Å². The number of nitrogens with zero attached hydrogens (tertiary/aromatic N) is 1. The van der Waals surface area contributed by atoms with Crippen LogP contribution in [-0.2, 0) is 4.74 Å². The van der Waals surface area contributed by atoms with Crippen molar-refractivity contribution in [3.63, 3.8) is 0 Å². The average molecular weight is 346 g/mol. The average Bonchev–Trinajstić information content (AvgIpc) is 2.41. The lowest BCUT2D eigenvalue weighted by Crippen LogP contribution is -2.28. The number of aliphatic hydroxyl groups excluding tert-OH is 1. The molecule has 1 aromatic rings. The molecule has 2 rings (SSSR count). The van der Waals surface area contributed by atoms with Gasteiger partial charge in [-0.25, -0.2) is 0 Å². The molecule has 1 saturated heterocycles. The van der Waals surface area contributed by atoms with E-state index in [9.17, 15) is 15.2 Å². The maximum Gasteiger partial charge on any atom is 0.312 e. The third kappa shape index (κ3) is 3.47. The van der Waals surface area contributed by atoms with Gasteiger partial charge >= 0.3 is 5.69 Å². The molecule has 1 aliphatic rings. The maximum atomic E-state index is 11.2. The van der Waals surface area contributed by atoms with E-state index in [1.54, 1.807) is 13.0 Å². The van der Waals surface area contributed by atoms with Crippen LogP contribution in [-0.4, -0.2) is 29.3 Å². The lowest BCUT2D eigenvalue weighted by Gasteiger charge is -2.25. The van der Waals surface area contributed by atoms with Gasteiger partial charge in [-0.3, -0.25) is 10.1 Å². The van der Waals surface area contributed by atoms with Gasteiger partial charge in [-0.1, -0.05) is 15.9 Å². The van der Waals surface area contributed by atoms with E-state index in [1.165, 1.54) is 6.07 Å². The Balaban J connectivity index is 2.38. The summed E-state index contributed by atoms with van der Waals surface area (Å²) in [5, 5.41) is 21.0. The van der Waals surface area contributed by atoms with Crippen LogP contribution >= 0.6 is 15.9 Å². The van der Waals surface area contributed by atoms with Crippen LogP contribution in [0.1, 0.15) is 31.4 Å². The SMILES string of the molecule is C[C@@H](O)c1cc(Br)cc([N+](=O)[O-])c1OC1CCCOC1. The molecule has 0 aliphatic carbocycles. The van der Waals surface area contributed by atoms with Crippen LogP contribution < -0.4 is 4.74 Å². The Morgan fingerprint density at radius 2 is 2.35 bits per heavy atom. The Morgan fingerprint density at radius 1 is 1.60 bits per heavy atom. The normalized spacial score (nSPS) is 20.4. The van der Waals surface area contributed by atoms with Gasteiger partial charge in [0.05, 0.1) is 17.6 Å². The Labute approximate surface area is 125 Å². The minimum Gasteiger partial charge on any atom is -0.481 e. The number of nitro benzene ring substituents is 1. The standard InChI is InChI=1S/C13H16BrNO5/c1-8(16)11-5-9(14)6-12(15(17)18)13(11)20-10-3-2-4-19-7-10/h5-6,8,10,16H,2-4,7H2,1H3/t8-,10?/m1/s1. The van der Waals surface area contributed by atoms with Gasteiger partial charge in [0.1, 0.15) is 6.10 Å². The second kappa shape index (κ2) is 6.51. The van der Waals surface area contributed by atoms with Crippen LogP contribution in [0.15, 0.2) is 16.6 Å². The Bertz CT molecular complexity index is 500. The number of hydrogen-bond acceptors (Lipinski definition) is 5. The number of nitro groups is 1. The molecule has 1 unspecified atom stereocenters. The van der Waals surface area contributed by atoms with E-state index >= 15 is 0 Å². The Hall–Kier alpha value is -1.18. The first kappa shape index (κ1) is 15.2. The number of halogens is 1. The van der Waals surface area contributed by atoms with Crippen molar-refractivity contribution in [2.75, 3.05) is 13.2 Å². The summed E-state index contributed by atoms with van der Waals surface area (Å²) in [5.74, 6) is 0.128.